The van der Waals surface area contributed by atoms with E-state index in [0.717, 1.165) is 24.3 Å². The van der Waals surface area contributed by atoms with E-state index in [9.17, 15) is 9.59 Å². The molecule has 2 fully saturated rings. The lowest BCUT2D eigenvalue weighted by Crippen LogP contribution is -2.48. The highest BCUT2D eigenvalue weighted by atomic mass is 16.5. The Hall–Kier alpha value is -2.08. The lowest BCUT2D eigenvalue weighted by Gasteiger charge is -2.40. The maximum absolute atomic E-state index is 13.4. The molecule has 4 atom stereocenters. The van der Waals surface area contributed by atoms with E-state index in [0.29, 0.717) is 25.3 Å². The first-order valence-electron chi connectivity index (χ1n) is 9.36. The van der Waals surface area contributed by atoms with E-state index in [1.165, 1.54) is 0 Å². The fourth-order valence-electron chi connectivity index (χ4n) is 4.39. The van der Waals surface area contributed by atoms with E-state index in [2.05, 4.69) is 6.92 Å². The molecule has 0 bridgehead atoms. The van der Waals surface area contributed by atoms with Crippen molar-refractivity contribution in [1.82, 2.24) is 9.80 Å². The van der Waals surface area contributed by atoms with Crippen LogP contribution in [-0.2, 0) is 9.59 Å². The number of ether oxygens (including phenoxy) is 1. The highest BCUT2D eigenvalue weighted by Crippen LogP contribution is 2.39. The minimum atomic E-state index is -0.237. The van der Waals surface area contributed by atoms with Crippen LogP contribution in [0.4, 0.5) is 0 Å². The summed E-state index contributed by atoms with van der Waals surface area (Å²) in [7, 11) is 3.42. The van der Waals surface area contributed by atoms with E-state index >= 15 is 0 Å². The molecule has 3 rings (SSSR count). The number of nitrogens with zero attached hydrogens (tertiary/aromatic N) is 2. The molecule has 6 nitrogen and oxygen atoms in total. The van der Waals surface area contributed by atoms with Crippen molar-refractivity contribution in [2.24, 2.45) is 17.6 Å². The number of methoxy groups -OCH3 is 1. The first kappa shape index (κ1) is 18.7. The van der Waals surface area contributed by atoms with Gasteiger partial charge in [0.05, 0.1) is 19.1 Å². The molecule has 2 saturated heterocycles. The monoisotopic (exact) mass is 359 g/mol. The maximum Gasteiger partial charge on any atom is 0.228 e. The number of amides is 2. The summed E-state index contributed by atoms with van der Waals surface area (Å²) in [5.41, 5.74) is 6.79. The highest BCUT2D eigenvalue weighted by molar-refractivity contribution is 5.85. The van der Waals surface area contributed by atoms with E-state index < -0.39 is 0 Å². The molecule has 1 aromatic carbocycles. The van der Waals surface area contributed by atoms with Crippen molar-refractivity contribution in [1.29, 1.82) is 0 Å². The van der Waals surface area contributed by atoms with Crippen LogP contribution in [0.5, 0.6) is 5.75 Å². The molecule has 4 unspecified atom stereocenters. The Labute approximate surface area is 155 Å². The summed E-state index contributed by atoms with van der Waals surface area (Å²) >= 11 is 0. The van der Waals surface area contributed by atoms with Crippen molar-refractivity contribution < 1.29 is 14.3 Å². The zero-order valence-corrected chi connectivity index (χ0v) is 15.9. The Morgan fingerprint density at radius 3 is 2.58 bits per heavy atom. The van der Waals surface area contributed by atoms with Gasteiger partial charge in [-0.2, -0.15) is 0 Å². The molecule has 2 aliphatic rings. The van der Waals surface area contributed by atoms with Crippen LogP contribution in [0.25, 0.3) is 0 Å². The third kappa shape index (κ3) is 3.43. The SMILES string of the molecule is COc1ccc(C2C(C(=O)N3CC(CN)CC3C)CCC(=O)N2C)cc1. The Bertz CT molecular complexity index is 661. The first-order valence-corrected chi connectivity index (χ1v) is 9.36. The fraction of sp³-hybridized carbons (Fsp3) is 0.600. The van der Waals surface area contributed by atoms with Gasteiger partial charge >= 0.3 is 0 Å². The Balaban J connectivity index is 1.87. The third-order valence-corrected chi connectivity index (χ3v) is 5.91. The topological polar surface area (TPSA) is 75.9 Å². The fourth-order valence-corrected chi connectivity index (χ4v) is 4.39. The van der Waals surface area contributed by atoms with Gasteiger partial charge in [-0.1, -0.05) is 12.1 Å². The van der Waals surface area contributed by atoms with Crippen LogP contribution in [0.15, 0.2) is 24.3 Å². The van der Waals surface area contributed by atoms with Crippen LogP contribution in [-0.4, -0.2) is 54.9 Å². The number of nitrogens with two attached hydrogens (primary N) is 1. The summed E-state index contributed by atoms with van der Waals surface area (Å²) in [6.45, 7) is 3.42. The second kappa shape index (κ2) is 7.66. The van der Waals surface area contributed by atoms with Crippen LogP contribution in [0.1, 0.15) is 37.8 Å². The molecule has 142 valence electrons. The second-order valence-electron chi connectivity index (χ2n) is 7.54. The van der Waals surface area contributed by atoms with Gasteiger partial charge in [0.2, 0.25) is 11.8 Å². The summed E-state index contributed by atoms with van der Waals surface area (Å²) in [5, 5.41) is 0. The Morgan fingerprint density at radius 2 is 2.00 bits per heavy atom. The third-order valence-electron chi connectivity index (χ3n) is 5.91. The van der Waals surface area contributed by atoms with Gasteiger partial charge in [0.1, 0.15) is 5.75 Å². The molecule has 0 aromatic heterocycles. The Kier molecular flexibility index (Phi) is 5.51. The van der Waals surface area contributed by atoms with Crippen LogP contribution in [0.2, 0.25) is 0 Å². The highest BCUT2D eigenvalue weighted by Gasteiger charge is 2.43. The Morgan fingerprint density at radius 1 is 1.31 bits per heavy atom. The lowest BCUT2D eigenvalue weighted by molar-refractivity contribution is -0.147. The molecule has 0 saturated carbocycles. The van der Waals surface area contributed by atoms with Crippen LogP contribution in [0.3, 0.4) is 0 Å². The minimum Gasteiger partial charge on any atom is -0.497 e. The number of piperidine rings is 1. The van der Waals surface area contributed by atoms with E-state index in [1.54, 1.807) is 19.1 Å². The van der Waals surface area contributed by atoms with Gasteiger partial charge in [-0.15, -0.1) is 0 Å². The van der Waals surface area contributed by atoms with E-state index in [-0.39, 0.29) is 29.8 Å². The minimum absolute atomic E-state index is 0.0872. The quantitative estimate of drug-likeness (QED) is 0.889. The molecule has 26 heavy (non-hydrogen) atoms. The van der Waals surface area contributed by atoms with Crippen LogP contribution >= 0.6 is 0 Å². The second-order valence-corrected chi connectivity index (χ2v) is 7.54. The van der Waals surface area contributed by atoms with Crippen LogP contribution < -0.4 is 10.5 Å². The van der Waals surface area contributed by atoms with Gasteiger partial charge in [-0.05, 0) is 49.9 Å². The maximum atomic E-state index is 13.4. The number of carbonyl (C=O) groups is 2. The molecular weight excluding hydrogens is 330 g/mol. The molecule has 6 heteroatoms. The average Bonchev–Trinajstić information content (AvgIpc) is 3.04. The van der Waals surface area contributed by atoms with Gasteiger partial charge in [-0.3, -0.25) is 9.59 Å². The first-order chi connectivity index (χ1) is 12.5. The van der Waals surface area contributed by atoms with Crippen molar-refractivity contribution in [3.63, 3.8) is 0 Å². The molecule has 2 N–H and O–H groups in total. The lowest BCUT2D eigenvalue weighted by atomic mass is 9.83. The number of hydrogen-bond acceptors (Lipinski definition) is 4. The van der Waals surface area contributed by atoms with Crippen LogP contribution in [0, 0.1) is 11.8 Å². The predicted molar refractivity (Wildman–Crippen MR) is 99.6 cm³/mol. The van der Waals surface area contributed by atoms with Crippen molar-refractivity contribution in [3.05, 3.63) is 29.8 Å². The van der Waals surface area contributed by atoms with Gasteiger partial charge in [0.25, 0.3) is 0 Å². The van der Waals surface area contributed by atoms with Crippen molar-refractivity contribution in [2.45, 2.75) is 38.3 Å². The number of hydrogen-bond donors (Lipinski definition) is 1. The number of likely N-dealkylation sites (tertiary alicyclic amines) is 2. The largest absolute Gasteiger partial charge is 0.497 e. The molecule has 2 aliphatic heterocycles. The number of carbonyl (C=O) groups excluding carboxylic acids is 2. The predicted octanol–water partition coefficient (Wildman–Crippen LogP) is 1.80. The average molecular weight is 359 g/mol. The smallest absolute Gasteiger partial charge is 0.228 e. The van der Waals surface area contributed by atoms with E-state index in [1.807, 2.05) is 29.2 Å². The summed E-state index contributed by atoms with van der Waals surface area (Å²) in [5.74, 6) is 1.15. The molecule has 0 radical (unpaired) electrons. The molecule has 2 amide bonds. The van der Waals surface area contributed by atoms with Crippen molar-refractivity contribution in [2.75, 3.05) is 27.2 Å². The summed E-state index contributed by atoms with van der Waals surface area (Å²) in [4.78, 5) is 29.4. The van der Waals surface area contributed by atoms with E-state index in [4.69, 9.17) is 10.5 Å². The molecule has 0 aliphatic carbocycles. The summed E-state index contributed by atoms with van der Waals surface area (Å²) < 4.78 is 5.23. The number of benzene rings is 1. The van der Waals surface area contributed by atoms with Gasteiger partial charge in [0.15, 0.2) is 0 Å². The summed E-state index contributed by atoms with van der Waals surface area (Å²) in [6, 6.07) is 7.64. The standard InChI is InChI=1S/C20H29N3O3/c1-13-10-14(11-21)12-23(13)20(25)17-8-9-18(24)22(2)19(17)15-4-6-16(26-3)7-5-15/h4-7,13-14,17,19H,8-12,21H2,1-3H3. The van der Waals surface area contributed by atoms with Gasteiger partial charge in [-0.25, -0.2) is 0 Å². The van der Waals surface area contributed by atoms with Gasteiger partial charge in [0, 0.05) is 26.1 Å². The normalized spacial score (nSPS) is 29.2. The number of rotatable bonds is 4. The zero-order chi connectivity index (χ0) is 18.8. The van der Waals surface area contributed by atoms with Crippen molar-refractivity contribution in [3.8, 4) is 5.75 Å². The zero-order valence-electron chi connectivity index (χ0n) is 15.9. The van der Waals surface area contributed by atoms with Gasteiger partial charge < -0.3 is 20.3 Å². The molecule has 2 heterocycles. The molecule has 0 spiro atoms. The molecule has 1 aromatic rings. The molecular formula is C20H29N3O3. The van der Waals surface area contributed by atoms with Crippen molar-refractivity contribution >= 4 is 11.8 Å². The summed E-state index contributed by atoms with van der Waals surface area (Å²) in [6.07, 6.45) is 1.97.